The monoisotopic (exact) mass is 305 g/mol. The molecule has 22 heavy (non-hydrogen) atoms. The third-order valence-electron chi connectivity index (χ3n) is 4.04. The average Bonchev–Trinajstić information content (AvgIpc) is 2.53. The van der Waals surface area contributed by atoms with E-state index in [2.05, 4.69) is 34.6 Å². The number of carbonyl (C=O) groups excluding carboxylic acids is 1. The summed E-state index contributed by atoms with van der Waals surface area (Å²) in [5.41, 5.74) is 2.36. The van der Waals surface area contributed by atoms with Gasteiger partial charge in [0.05, 0.1) is 19.3 Å². The maximum absolute atomic E-state index is 11.9. The van der Waals surface area contributed by atoms with E-state index in [4.69, 9.17) is 4.74 Å². The summed E-state index contributed by atoms with van der Waals surface area (Å²) in [6.07, 6.45) is 0.964. The highest BCUT2D eigenvalue weighted by Gasteiger charge is 2.12. The zero-order chi connectivity index (χ0) is 15.8. The number of benzene rings is 1. The van der Waals surface area contributed by atoms with Crippen LogP contribution in [0.15, 0.2) is 24.3 Å². The second kappa shape index (κ2) is 8.76. The highest BCUT2D eigenvalue weighted by molar-refractivity contribution is 5.74. The summed E-state index contributed by atoms with van der Waals surface area (Å²) in [5.74, 6) is 0. The number of aryl methyl sites for hydroxylation is 1. The van der Waals surface area contributed by atoms with E-state index < -0.39 is 0 Å². The molecule has 0 aromatic heterocycles. The quantitative estimate of drug-likeness (QED) is 0.791. The fraction of sp³-hybridized carbons (Fsp3) is 0.588. The lowest BCUT2D eigenvalue weighted by molar-refractivity contribution is 0.0375. The Labute approximate surface area is 133 Å². The van der Waals surface area contributed by atoms with Gasteiger partial charge in [-0.15, -0.1) is 0 Å². The molecule has 1 aromatic rings. The Morgan fingerprint density at radius 3 is 2.77 bits per heavy atom. The van der Waals surface area contributed by atoms with Crippen LogP contribution < -0.4 is 10.6 Å². The van der Waals surface area contributed by atoms with E-state index >= 15 is 0 Å². The van der Waals surface area contributed by atoms with Crippen LogP contribution in [0.4, 0.5) is 4.79 Å². The second-order valence-electron chi connectivity index (χ2n) is 5.79. The number of nitrogens with one attached hydrogen (secondary N) is 2. The van der Waals surface area contributed by atoms with E-state index in [9.17, 15) is 4.79 Å². The highest BCUT2D eigenvalue weighted by atomic mass is 16.5. The van der Waals surface area contributed by atoms with Crippen molar-refractivity contribution in [2.75, 3.05) is 39.4 Å². The molecule has 1 aliphatic heterocycles. The highest BCUT2D eigenvalue weighted by Crippen LogP contribution is 2.16. The smallest absolute Gasteiger partial charge is 0.315 e. The largest absolute Gasteiger partial charge is 0.379 e. The Morgan fingerprint density at radius 2 is 2.05 bits per heavy atom. The zero-order valence-corrected chi connectivity index (χ0v) is 13.6. The molecule has 0 aliphatic carbocycles. The van der Waals surface area contributed by atoms with Gasteiger partial charge in [-0.1, -0.05) is 24.3 Å². The molecule has 0 bridgehead atoms. The molecule has 1 unspecified atom stereocenters. The van der Waals surface area contributed by atoms with Gasteiger partial charge in [0.2, 0.25) is 0 Å². The first-order chi connectivity index (χ1) is 10.7. The van der Waals surface area contributed by atoms with Crippen LogP contribution in [0.3, 0.4) is 0 Å². The minimum absolute atomic E-state index is 0.0143. The Morgan fingerprint density at radius 1 is 1.32 bits per heavy atom. The third-order valence-corrected chi connectivity index (χ3v) is 4.04. The topological polar surface area (TPSA) is 53.6 Å². The number of morpholine rings is 1. The van der Waals surface area contributed by atoms with Crippen molar-refractivity contribution in [3.05, 3.63) is 35.4 Å². The Balaban J connectivity index is 1.64. The number of hydrogen-bond donors (Lipinski definition) is 2. The van der Waals surface area contributed by atoms with E-state index in [0.29, 0.717) is 6.54 Å². The second-order valence-corrected chi connectivity index (χ2v) is 5.79. The number of urea groups is 1. The predicted octanol–water partition coefficient (Wildman–Crippen LogP) is 2.08. The van der Waals surface area contributed by atoms with Crippen LogP contribution in [-0.4, -0.2) is 50.3 Å². The van der Waals surface area contributed by atoms with Gasteiger partial charge in [0.15, 0.2) is 0 Å². The van der Waals surface area contributed by atoms with Crippen molar-refractivity contribution in [1.82, 2.24) is 15.5 Å². The van der Waals surface area contributed by atoms with Gasteiger partial charge in [-0.3, -0.25) is 4.90 Å². The van der Waals surface area contributed by atoms with Crippen molar-refractivity contribution in [2.45, 2.75) is 26.3 Å². The van der Waals surface area contributed by atoms with Crippen molar-refractivity contribution in [3.63, 3.8) is 0 Å². The minimum atomic E-state index is -0.0993. The van der Waals surface area contributed by atoms with E-state index in [1.54, 1.807) is 0 Å². The number of amides is 2. The van der Waals surface area contributed by atoms with Gasteiger partial charge in [-0.2, -0.15) is 0 Å². The summed E-state index contributed by atoms with van der Waals surface area (Å²) < 4.78 is 5.32. The van der Waals surface area contributed by atoms with Gasteiger partial charge < -0.3 is 15.4 Å². The van der Waals surface area contributed by atoms with Gasteiger partial charge in [0, 0.05) is 19.6 Å². The maximum atomic E-state index is 11.9. The molecule has 1 heterocycles. The standard InChI is InChI=1S/C17H27N3O2/c1-14-6-3-4-7-16(14)15(2)19-17(21)18-8-5-9-20-10-12-22-13-11-20/h3-4,6-7,15H,5,8-13H2,1-2H3,(H2,18,19,21). The number of carbonyl (C=O) groups is 1. The fourth-order valence-corrected chi connectivity index (χ4v) is 2.73. The van der Waals surface area contributed by atoms with Crippen LogP contribution >= 0.6 is 0 Å². The Hall–Kier alpha value is -1.59. The first-order valence-electron chi connectivity index (χ1n) is 8.07. The first-order valence-corrected chi connectivity index (χ1v) is 8.07. The molecule has 1 aromatic carbocycles. The molecule has 0 saturated carbocycles. The van der Waals surface area contributed by atoms with Crippen molar-refractivity contribution in [1.29, 1.82) is 0 Å². The third kappa shape index (κ3) is 5.31. The van der Waals surface area contributed by atoms with Crippen molar-refractivity contribution < 1.29 is 9.53 Å². The van der Waals surface area contributed by atoms with Crippen molar-refractivity contribution >= 4 is 6.03 Å². The van der Waals surface area contributed by atoms with Crippen LogP contribution in [0.5, 0.6) is 0 Å². The molecule has 1 fully saturated rings. The number of ether oxygens (including phenoxy) is 1. The summed E-state index contributed by atoms with van der Waals surface area (Å²) >= 11 is 0. The maximum Gasteiger partial charge on any atom is 0.315 e. The molecular formula is C17H27N3O2. The molecule has 0 radical (unpaired) electrons. The van der Waals surface area contributed by atoms with Gasteiger partial charge in [0.25, 0.3) is 0 Å². The molecule has 2 rings (SSSR count). The molecule has 122 valence electrons. The molecule has 1 saturated heterocycles. The van der Waals surface area contributed by atoms with Crippen LogP contribution in [0, 0.1) is 6.92 Å². The zero-order valence-electron chi connectivity index (χ0n) is 13.6. The molecule has 5 heteroatoms. The molecular weight excluding hydrogens is 278 g/mol. The van der Waals surface area contributed by atoms with Crippen molar-refractivity contribution in [3.8, 4) is 0 Å². The van der Waals surface area contributed by atoms with Crippen LogP contribution in [0.2, 0.25) is 0 Å². The lowest BCUT2D eigenvalue weighted by Gasteiger charge is -2.26. The molecule has 5 nitrogen and oxygen atoms in total. The first kappa shape index (κ1) is 16.8. The van der Waals surface area contributed by atoms with Crippen LogP contribution in [-0.2, 0) is 4.74 Å². The number of hydrogen-bond acceptors (Lipinski definition) is 3. The normalized spacial score (nSPS) is 17.0. The number of rotatable bonds is 6. The van der Waals surface area contributed by atoms with Gasteiger partial charge in [-0.25, -0.2) is 4.79 Å². The average molecular weight is 305 g/mol. The van der Waals surface area contributed by atoms with E-state index in [-0.39, 0.29) is 12.1 Å². The molecule has 1 aliphatic rings. The minimum Gasteiger partial charge on any atom is -0.379 e. The lowest BCUT2D eigenvalue weighted by Crippen LogP contribution is -2.40. The van der Waals surface area contributed by atoms with Crippen LogP contribution in [0.1, 0.15) is 30.5 Å². The van der Waals surface area contributed by atoms with E-state index in [1.807, 2.05) is 19.1 Å². The van der Waals surface area contributed by atoms with Crippen molar-refractivity contribution in [2.24, 2.45) is 0 Å². The fourth-order valence-electron chi connectivity index (χ4n) is 2.73. The summed E-state index contributed by atoms with van der Waals surface area (Å²) in [7, 11) is 0. The van der Waals surface area contributed by atoms with Gasteiger partial charge in [0.1, 0.15) is 0 Å². The molecule has 2 N–H and O–H groups in total. The predicted molar refractivity (Wildman–Crippen MR) is 88.0 cm³/mol. The Bertz CT molecular complexity index is 473. The lowest BCUT2D eigenvalue weighted by atomic mass is 10.0. The molecule has 1 atom stereocenters. The SMILES string of the molecule is Cc1ccccc1C(C)NC(=O)NCCCN1CCOCC1. The van der Waals surface area contributed by atoms with Gasteiger partial charge >= 0.3 is 6.03 Å². The van der Waals surface area contributed by atoms with Gasteiger partial charge in [-0.05, 0) is 37.9 Å². The summed E-state index contributed by atoms with van der Waals surface area (Å²) in [6, 6.07) is 8.04. The number of nitrogens with zero attached hydrogens (tertiary/aromatic N) is 1. The summed E-state index contributed by atoms with van der Waals surface area (Å²) in [5, 5.41) is 5.93. The van der Waals surface area contributed by atoms with Crippen LogP contribution in [0.25, 0.3) is 0 Å². The molecule has 0 spiro atoms. The molecule has 2 amide bonds. The summed E-state index contributed by atoms with van der Waals surface area (Å²) in [4.78, 5) is 14.3. The Kier molecular flexibility index (Phi) is 6.68. The summed E-state index contributed by atoms with van der Waals surface area (Å²) in [6.45, 7) is 9.42. The van der Waals surface area contributed by atoms with E-state index in [1.165, 1.54) is 5.56 Å². The van der Waals surface area contributed by atoms with E-state index in [0.717, 1.165) is 44.8 Å².